The minimum Gasteiger partial charge on any atom is -0.328 e. The molecule has 1 aliphatic heterocycles. The van der Waals surface area contributed by atoms with Crippen molar-refractivity contribution < 1.29 is 8.42 Å². The Morgan fingerprint density at radius 3 is 2.17 bits per heavy atom. The van der Waals surface area contributed by atoms with Crippen LogP contribution in [-0.2, 0) is 9.84 Å². The maximum atomic E-state index is 11.5. The van der Waals surface area contributed by atoms with Gasteiger partial charge in [0.1, 0.15) is 0 Å². The molecule has 1 heterocycles. The standard InChI is InChI=1S/C8H17NO2S/c1-6(9)7-4-5-12(10,11)8(7,2)3/h6-7H,4-5,9H2,1-3H3. The molecule has 0 aromatic heterocycles. The van der Waals surface area contributed by atoms with Crippen molar-refractivity contribution in [2.24, 2.45) is 11.7 Å². The lowest BCUT2D eigenvalue weighted by molar-refractivity contribution is 0.365. The first-order valence-corrected chi connectivity index (χ1v) is 5.92. The van der Waals surface area contributed by atoms with Crippen LogP contribution in [0.5, 0.6) is 0 Å². The highest BCUT2D eigenvalue weighted by molar-refractivity contribution is 7.93. The maximum Gasteiger partial charge on any atom is 0.155 e. The quantitative estimate of drug-likeness (QED) is 0.658. The van der Waals surface area contributed by atoms with E-state index < -0.39 is 14.6 Å². The zero-order valence-corrected chi connectivity index (χ0v) is 8.69. The van der Waals surface area contributed by atoms with Crippen LogP contribution >= 0.6 is 0 Å². The van der Waals surface area contributed by atoms with Gasteiger partial charge in [-0.25, -0.2) is 8.42 Å². The predicted molar refractivity (Wildman–Crippen MR) is 49.6 cm³/mol. The van der Waals surface area contributed by atoms with E-state index in [2.05, 4.69) is 0 Å². The number of rotatable bonds is 1. The second-order valence-electron chi connectivity index (χ2n) is 4.18. The Hall–Kier alpha value is -0.0900. The molecule has 0 bridgehead atoms. The maximum absolute atomic E-state index is 11.5. The normalized spacial score (nSPS) is 34.8. The van der Waals surface area contributed by atoms with Crippen LogP contribution in [-0.4, -0.2) is 25.0 Å². The van der Waals surface area contributed by atoms with E-state index in [0.717, 1.165) is 0 Å². The summed E-state index contributed by atoms with van der Waals surface area (Å²) in [6, 6.07) is -0.0303. The molecule has 0 amide bonds. The number of hydrogen-bond acceptors (Lipinski definition) is 3. The van der Waals surface area contributed by atoms with Gasteiger partial charge in [0.15, 0.2) is 9.84 Å². The van der Waals surface area contributed by atoms with Gasteiger partial charge in [0.2, 0.25) is 0 Å². The Bertz CT molecular complexity index is 267. The summed E-state index contributed by atoms with van der Waals surface area (Å²) in [6.07, 6.45) is 0.715. The monoisotopic (exact) mass is 191 g/mol. The van der Waals surface area contributed by atoms with Gasteiger partial charge in [-0.15, -0.1) is 0 Å². The van der Waals surface area contributed by atoms with Crippen LogP contribution < -0.4 is 5.73 Å². The molecule has 1 aliphatic rings. The molecule has 2 N–H and O–H groups in total. The van der Waals surface area contributed by atoms with E-state index in [0.29, 0.717) is 12.2 Å². The first-order chi connectivity index (χ1) is 5.29. The third kappa shape index (κ3) is 1.27. The minimum absolute atomic E-state index is 0.0303. The molecule has 0 saturated carbocycles. The Morgan fingerprint density at radius 1 is 1.50 bits per heavy atom. The van der Waals surface area contributed by atoms with Crippen molar-refractivity contribution >= 4 is 9.84 Å². The minimum atomic E-state index is -2.90. The largest absolute Gasteiger partial charge is 0.328 e. The van der Waals surface area contributed by atoms with Crippen molar-refractivity contribution in [3.8, 4) is 0 Å². The van der Waals surface area contributed by atoms with E-state index in [1.165, 1.54) is 0 Å². The average Bonchev–Trinajstić information content (AvgIpc) is 2.03. The fourth-order valence-corrected chi connectivity index (χ4v) is 3.90. The van der Waals surface area contributed by atoms with E-state index in [1.807, 2.05) is 6.92 Å². The van der Waals surface area contributed by atoms with Gasteiger partial charge in [-0.3, -0.25) is 0 Å². The zero-order chi connectivity index (χ0) is 9.57. The lowest BCUT2D eigenvalue weighted by atomic mass is 9.87. The molecule has 4 heteroatoms. The second-order valence-corrected chi connectivity index (χ2v) is 6.87. The van der Waals surface area contributed by atoms with Crippen molar-refractivity contribution in [2.75, 3.05) is 5.75 Å². The van der Waals surface area contributed by atoms with Crippen molar-refractivity contribution in [1.82, 2.24) is 0 Å². The molecule has 0 spiro atoms. The predicted octanol–water partition coefficient (Wildman–Crippen LogP) is 0.547. The van der Waals surface area contributed by atoms with Crippen LogP contribution in [0.1, 0.15) is 27.2 Å². The zero-order valence-electron chi connectivity index (χ0n) is 7.87. The molecule has 1 saturated heterocycles. The Kier molecular flexibility index (Phi) is 2.25. The summed E-state index contributed by atoms with van der Waals surface area (Å²) in [5.74, 6) is 0.411. The molecule has 2 unspecified atom stereocenters. The third-order valence-corrected chi connectivity index (χ3v) is 5.71. The van der Waals surface area contributed by atoms with E-state index in [1.54, 1.807) is 13.8 Å². The third-order valence-electron chi connectivity index (χ3n) is 3.03. The summed E-state index contributed by atoms with van der Waals surface area (Å²) in [5.41, 5.74) is 5.73. The second kappa shape index (κ2) is 2.70. The highest BCUT2D eigenvalue weighted by atomic mass is 32.2. The summed E-state index contributed by atoms with van der Waals surface area (Å²) >= 11 is 0. The molecular weight excluding hydrogens is 174 g/mol. The molecule has 0 aliphatic carbocycles. The number of nitrogens with two attached hydrogens (primary N) is 1. The highest BCUT2D eigenvalue weighted by Gasteiger charge is 2.48. The lowest BCUT2D eigenvalue weighted by Crippen LogP contribution is -2.42. The van der Waals surface area contributed by atoms with Gasteiger partial charge >= 0.3 is 0 Å². The Balaban J connectivity index is 3.01. The van der Waals surface area contributed by atoms with Crippen molar-refractivity contribution in [3.05, 3.63) is 0 Å². The SMILES string of the molecule is CC(N)C1CCS(=O)(=O)C1(C)C. The van der Waals surface area contributed by atoms with Gasteiger partial charge < -0.3 is 5.73 Å². The molecule has 0 aromatic carbocycles. The van der Waals surface area contributed by atoms with Crippen LogP contribution in [0.25, 0.3) is 0 Å². The first kappa shape index (κ1) is 9.99. The molecule has 3 nitrogen and oxygen atoms in total. The van der Waals surface area contributed by atoms with Gasteiger partial charge in [-0.2, -0.15) is 0 Å². The van der Waals surface area contributed by atoms with Crippen molar-refractivity contribution in [3.63, 3.8) is 0 Å². The molecule has 2 atom stereocenters. The number of sulfone groups is 1. The molecule has 72 valence electrons. The number of hydrogen-bond donors (Lipinski definition) is 1. The summed E-state index contributed by atoms with van der Waals surface area (Å²) in [4.78, 5) is 0. The van der Waals surface area contributed by atoms with E-state index in [9.17, 15) is 8.42 Å². The van der Waals surface area contributed by atoms with Crippen LogP contribution in [0.3, 0.4) is 0 Å². The Morgan fingerprint density at radius 2 is 2.00 bits per heavy atom. The summed E-state index contributed by atoms with van der Waals surface area (Å²) < 4.78 is 22.5. The first-order valence-electron chi connectivity index (χ1n) is 4.27. The van der Waals surface area contributed by atoms with Crippen molar-refractivity contribution in [1.29, 1.82) is 0 Å². The average molecular weight is 191 g/mol. The lowest BCUT2D eigenvalue weighted by Gasteiger charge is -2.28. The smallest absolute Gasteiger partial charge is 0.155 e. The molecule has 0 aromatic rings. The fourth-order valence-electron chi connectivity index (χ4n) is 2.02. The molecule has 0 radical (unpaired) electrons. The molecular formula is C8H17NO2S. The summed E-state index contributed by atoms with van der Waals surface area (Å²) in [7, 11) is -2.90. The summed E-state index contributed by atoms with van der Waals surface area (Å²) in [5, 5.41) is 0. The molecule has 12 heavy (non-hydrogen) atoms. The van der Waals surface area contributed by atoms with E-state index in [-0.39, 0.29) is 12.0 Å². The van der Waals surface area contributed by atoms with Gasteiger partial charge in [0, 0.05) is 6.04 Å². The topological polar surface area (TPSA) is 60.2 Å². The fraction of sp³-hybridized carbons (Fsp3) is 1.00. The van der Waals surface area contributed by atoms with E-state index in [4.69, 9.17) is 5.73 Å². The van der Waals surface area contributed by atoms with E-state index >= 15 is 0 Å². The van der Waals surface area contributed by atoms with Gasteiger partial charge in [0.25, 0.3) is 0 Å². The highest BCUT2D eigenvalue weighted by Crippen LogP contribution is 2.38. The Labute approximate surface area is 74.3 Å². The molecule has 1 rings (SSSR count). The van der Waals surface area contributed by atoms with Crippen LogP contribution in [0.4, 0.5) is 0 Å². The van der Waals surface area contributed by atoms with Crippen LogP contribution in [0.15, 0.2) is 0 Å². The van der Waals surface area contributed by atoms with Crippen LogP contribution in [0, 0.1) is 5.92 Å². The molecule has 1 fully saturated rings. The van der Waals surface area contributed by atoms with Crippen molar-refractivity contribution in [2.45, 2.75) is 38.0 Å². The summed E-state index contributed by atoms with van der Waals surface area (Å²) in [6.45, 7) is 5.44. The van der Waals surface area contributed by atoms with Gasteiger partial charge in [0.05, 0.1) is 10.5 Å². The van der Waals surface area contributed by atoms with Gasteiger partial charge in [-0.05, 0) is 33.1 Å². The van der Waals surface area contributed by atoms with Crippen LogP contribution in [0.2, 0.25) is 0 Å². The van der Waals surface area contributed by atoms with Gasteiger partial charge in [-0.1, -0.05) is 0 Å².